The van der Waals surface area contributed by atoms with E-state index in [4.69, 9.17) is 23.7 Å². The van der Waals surface area contributed by atoms with Crippen LogP contribution in [0.4, 0.5) is 9.52 Å². The summed E-state index contributed by atoms with van der Waals surface area (Å²) in [6.45, 7) is 7.85. The summed E-state index contributed by atoms with van der Waals surface area (Å²) in [5, 5.41) is 21.0. The number of halogens is 1. The van der Waals surface area contributed by atoms with Crippen molar-refractivity contribution in [1.82, 2.24) is 15.6 Å². The molecule has 3 unspecified atom stereocenters. The van der Waals surface area contributed by atoms with E-state index in [1.807, 2.05) is 19.1 Å². The molecular weight excluding hydrogens is 840 g/mol. The van der Waals surface area contributed by atoms with Gasteiger partial charge in [-0.05, 0) is 109 Å². The number of amides is 2. The van der Waals surface area contributed by atoms with Crippen molar-refractivity contribution in [3.05, 3.63) is 88.7 Å². The molecule has 2 fully saturated rings. The number of aromatic nitrogens is 1. The molecule has 344 valence electrons. The standard InChI is InChI=1S/C49H61FN4O9S/c1-3-33-25-34-5-4-13-49(29-33,30-34)32-44(55)51-15-17-59-18-19-60-20-21-61-22-23-62-42-26-37-12-14-53-48(2,31-45(56)54-47-52-16-24-64-47)40(37)28-43(42)63-38-10-11-39(41(50)27-38)35-6-8-36(9-7-35)46(57)58/h6-11,16,24,26-28,33-34,53H,3-5,12-15,17-23,25,29-32H2,1-2H3,(H,51,55)(H,57,58)(H,52,54,56)/t33?,34?,48-,49?/m1/s1. The first-order valence-corrected chi connectivity index (χ1v) is 23.4. The molecule has 2 bridgehead atoms. The lowest BCUT2D eigenvalue weighted by atomic mass is 9.57. The van der Waals surface area contributed by atoms with Crippen molar-refractivity contribution in [3.63, 3.8) is 0 Å². The number of hydrogen-bond donors (Lipinski definition) is 4. The van der Waals surface area contributed by atoms with Crippen LogP contribution in [0.5, 0.6) is 17.2 Å². The predicted molar refractivity (Wildman–Crippen MR) is 243 cm³/mol. The van der Waals surface area contributed by atoms with Crippen LogP contribution in [-0.2, 0) is 35.8 Å². The Morgan fingerprint density at radius 1 is 0.922 bits per heavy atom. The minimum absolute atomic E-state index is 0.108. The molecule has 0 saturated heterocycles. The van der Waals surface area contributed by atoms with Crippen molar-refractivity contribution < 1.29 is 47.6 Å². The van der Waals surface area contributed by atoms with E-state index in [1.165, 1.54) is 74.5 Å². The van der Waals surface area contributed by atoms with E-state index in [2.05, 4.69) is 27.9 Å². The van der Waals surface area contributed by atoms with Crippen LogP contribution >= 0.6 is 11.3 Å². The molecule has 1 aromatic heterocycles. The van der Waals surface area contributed by atoms with E-state index in [9.17, 15) is 19.5 Å². The Labute approximate surface area is 378 Å². The highest BCUT2D eigenvalue weighted by Gasteiger charge is 2.43. The van der Waals surface area contributed by atoms with Crippen LogP contribution in [-0.4, -0.2) is 87.2 Å². The maximum atomic E-state index is 15.6. The number of carboxylic acids is 1. The lowest BCUT2D eigenvalue weighted by molar-refractivity contribution is -0.126. The van der Waals surface area contributed by atoms with Crippen LogP contribution in [0.3, 0.4) is 0 Å². The lowest BCUT2D eigenvalue weighted by Gasteiger charge is -2.48. The van der Waals surface area contributed by atoms with Gasteiger partial charge in [-0.1, -0.05) is 38.3 Å². The smallest absolute Gasteiger partial charge is 0.335 e. The molecule has 4 atom stereocenters. The van der Waals surface area contributed by atoms with Crippen LogP contribution in [0.25, 0.3) is 11.1 Å². The van der Waals surface area contributed by atoms with Crippen LogP contribution in [0, 0.1) is 23.1 Å². The third kappa shape index (κ3) is 12.7. The average molecular weight is 901 g/mol. The second kappa shape index (κ2) is 22.3. The SMILES string of the molecule is CCC1CC2CCCC(CC(=O)NCCOCCOCCOCCOc3cc4c(cc3Oc3ccc(-c5ccc(C(=O)O)cc5)c(F)c3)[C@@](C)(CC(=O)Nc3nccs3)NCC4)(C1)C2. The molecule has 64 heavy (non-hydrogen) atoms. The second-order valence-electron chi connectivity index (χ2n) is 17.5. The molecule has 0 radical (unpaired) electrons. The Morgan fingerprint density at radius 2 is 1.69 bits per heavy atom. The number of carboxylic acid groups (broad SMARTS) is 1. The van der Waals surface area contributed by atoms with E-state index in [1.54, 1.807) is 35.8 Å². The van der Waals surface area contributed by atoms with E-state index >= 15 is 4.39 Å². The summed E-state index contributed by atoms with van der Waals surface area (Å²) in [7, 11) is 0. The van der Waals surface area contributed by atoms with Gasteiger partial charge in [0.15, 0.2) is 16.6 Å². The highest BCUT2D eigenvalue weighted by atomic mass is 32.1. The van der Waals surface area contributed by atoms with Gasteiger partial charge in [0.2, 0.25) is 11.8 Å². The highest BCUT2D eigenvalue weighted by Crippen LogP contribution is 2.53. The monoisotopic (exact) mass is 900 g/mol. The number of ether oxygens (including phenoxy) is 5. The zero-order valence-electron chi connectivity index (χ0n) is 36.9. The Balaban J connectivity index is 0.877. The number of benzene rings is 3. The number of aromatic carboxylic acids is 1. The number of thiazole rings is 1. The van der Waals surface area contributed by atoms with Gasteiger partial charge in [0.25, 0.3) is 0 Å². The Morgan fingerprint density at radius 3 is 2.41 bits per heavy atom. The quantitative estimate of drug-likeness (QED) is 0.0526. The van der Waals surface area contributed by atoms with Crippen molar-refractivity contribution in [2.45, 2.75) is 83.6 Å². The van der Waals surface area contributed by atoms with Gasteiger partial charge in [-0.2, -0.15) is 0 Å². The van der Waals surface area contributed by atoms with Gasteiger partial charge in [-0.15, -0.1) is 11.3 Å². The molecule has 7 rings (SSSR count). The maximum absolute atomic E-state index is 15.6. The summed E-state index contributed by atoms with van der Waals surface area (Å²) < 4.78 is 45.3. The number of anilines is 1. The molecule has 0 spiro atoms. The Bertz CT molecular complexity index is 2190. The molecule has 15 heteroatoms. The molecule has 4 N–H and O–H groups in total. The maximum Gasteiger partial charge on any atom is 0.335 e. The van der Waals surface area contributed by atoms with Crippen molar-refractivity contribution >= 4 is 34.3 Å². The molecule has 3 aliphatic rings. The van der Waals surface area contributed by atoms with Crippen molar-refractivity contribution in [3.8, 4) is 28.4 Å². The van der Waals surface area contributed by atoms with Crippen molar-refractivity contribution in [1.29, 1.82) is 0 Å². The molecule has 13 nitrogen and oxygen atoms in total. The fourth-order valence-corrected chi connectivity index (χ4v) is 10.4. The number of nitrogens with one attached hydrogen (secondary N) is 3. The third-order valence-electron chi connectivity index (χ3n) is 12.8. The number of carbonyl (C=O) groups is 3. The Kier molecular flexibility index (Phi) is 16.4. The van der Waals surface area contributed by atoms with E-state index in [-0.39, 0.29) is 48.2 Å². The van der Waals surface area contributed by atoms with Gasteiger partial charge in [0, 0.05) is 54.7 Å². The van der Waals surface area contributed by atoms with E-state index < -0.39 is 17.3 Å². The van der Waals surface area contributed by atoms with Gasteiger partial charge in [-0.25, -0.2) is 14.2 Å². The van der Waals surface area contributed by atoms with Gasteiger partial charge >= 0.3 is 5.97 Å². The molecule has 1 aliphatic heterocycles. The fourth-order valence-electron chi connectivity index (χ4n) is 9.82. The minimum atomic E-state index is -1.06. The molecule has 2 amide bonds. The molecule has 2 aliphatic carbocycles. The highest BCUT2D eigenvalue weighted by molar-refractivity contribution is 7.13. The third-order valence-corrected chi connectivity index (χ3v) is 13.5. The normalized spacial score (nSPS) is 21.4. The van der Waals surface area contributed by atoms with E-state index in [0.717, 1.165) is 23.0 Å². The first-order chi connectivity index (χ1) is 31.0. The first kappa shape index (κ1) is 47.0. The van der Waals surface area contributed by atoms with Crippen molar-refractivity contribution in [2.75, 3.05) is 64.7 Å². The molecule has 2 saturated carbocycles. The van der Waals surface area contributed by atoms with Crippen LogP contribution in [0.15, 0.2) is 66.2 Å². The molecule has 2 heterocycles. The Hall–Kier alpha value is -4.93. The molecule has 3 aromatic carbocycles. The number of hydrogen-bond acceptors (Lipinski definition) is 11. The van der Waals surface area contributed by atoms with Gasteiger partial charge in [0.1, 0.15) is 18.2 Å². The first-order valence-electron chi connectivity index (χ1n) is 22.6. The summed E-state index contributed by atoms with van der Waals surface area (Å²) in [6, 6.07) is 14.2. The zero-order chi connectivity index (χ0) is 44.9. The predicted octanol–water partition coefficient (Wildman–Crippen LogP) is 8.76. The summed E-state index contributed by atoms with van der Waals surface area (Å²) in [6.07, 6.45) is 11.8. The van der Waals surface area contributed by atoms with Crippen LogP contribution in [0.1, 0.15) is 93.1 Å². The summed E-state index contributed by atoms with van der Waals surface area (Å²) in [5.41, 5.74) is 2.21. The number of nitrogens with zero attached hydrogens (tertiary/aromatic N) is 1. The number of carbonyl (C=O) groups excluding carboxylic acids is 2. The van der Waals surface area contributed by atoms with Gasteiger partial charge in [0.05, 0.1) is 45.2 Å². The fraction of sp³-hybridized carbons (Fsp3) is 0.510. The molecular formula is C49H61FN4O9S. The zero-order valence-corrected chi connectivity index (χ0v) is 37.7. The van der Waals surface area contributed by atoms with Gasteiger partial charge in [-0.3, -0.25) is 9.59 Å². The van der Waals surface area contributed by atoms with Crippen molar-refractivity contribution in [2.24, 2.45) is 17.3 Å². The van der Waals surface area contributed by atoms with Crippen LogP contribution < -0.4 is 25.4 Å². The van der Waals surface area contributed by atoms with Gasteiger partial charge < -0.3 is 44.7 Å². The topological polar surface area (TPSA) is 167 Å². The lowest BCUT2D eigenvalue weighted by Crippen LogP contribution is -2.47. The number of fused-ring (bicyclic) bond motifs is 3. The number of rotatable bonds is 23. The largest absolute Gasteiger partial charge is 0.487 e. The summed E-state index contributed by atoms with van der Waals surface area (Å²) >= 11 is 1.34. The minimum Gasteiger partial charge on any atom is -0.487 e. The summed E-state index contributed by atoms with van der Waals surface area (Å²) in [5.74, 6) is 0.901. The van der Waals surface area contributed by atoms with Crippen LogP contribution in [0.2, 0.25) is 0 Å². The van der Waals surface area contributed by atoms with E-state index in [0.29, 0.717) is 86.7 Å². The second-order valence-corrected chi connectivity index (χ2v) is 18.4. The molecule has 4 aromatic rings. The summed E-state index contributed by atoms with van der Waals surface area (Å²) in [4.78, 5) is 41.5. The average Bonchev–Trinajstić information content (AvgIpc) is 3.78.